The topological polar surface area (TPSA) is 46.2 Å². The van der Waals surface area contributed by atoms with Crippen LogP contribution in [0, 0.1) is 0 Å². The van der Waals surface area contributed by atoms with Gasteiger partial charge in [0.25, 0.3) is 0 Å². The molecule has 0 saturated heterocycles. The van der Waals surface area contributed by atoms with E-state index in [0.717, 1.165) is 6.42 Å². The summed E-state index contributed by atoms with van der Waals surface area (Å²) in [6, 6.07) is 2.75. The van der Waals surface area contributed by atoms with Crippen LogP contribution in [-0.4, -0.2) is 20.3 Å². The van der Waals surface area contributed by atoms with Crippen molar-refractivity contribution >= 4 is 60.8 Å². The second-order valence-electron chi connectivity index (χ2n) is 4.05. The Balaban J connectivity index is 3.01. The molecule has 1 unspecified atom stereocenters. The van der Waals surface area contributed by atoms with E-state index < -0.39 is 10.0 Å². The van der Waals surface area contributed by atoms with Crippen molar-refractivity contribution in [1.82, 2.24) is 4.72 Å². The summed E-state index contributed by atoms with van der Waals surface area (Å²) in [6.07, 6.45) is 1.38. The molecule has 1 N–H and O–H groups in total. The molecule has 1 aromatic rings. The first-order valence-corrected chi connectivity index (χ1v) is 9.07. The van der Waals surface area contributed by atoms with E-state index in [1.54, 1.807) is 6.92 Å². The van der Waals surface area contributed by atoms with Crippen LogP contribution in [0.3, 0.4) is 0 Å². The lowest BCUT2D eigenvalue weighted by Crippen LogP contribution is -2.33. The predicted octanol–water partition coefficient (Wildman–Crippen LogP) is 4.44. The summed E-state index contributed by atoms with van der Waals surface area (Å²) >= 11 is 20.7. The van der Waals surface area contributed by atoms with Gasteiger partial charge in [0, 0.05) is 16.4 Å². The molecule has 0 aromatic heterocycles. The highest BCUT2D eigenvalue weighted by Crippen LogP contribution is 2.32. The van der Waals surface area contributed by atoms with Crippen molar-refractivity contribution < 1.29 is 8.42 Å². The Labute approximate surface area is 136 Å². The number of alkyl halides is 1. The van der Waals surface area contributed by atoms with Gasteiger partial charge in [-0.15, -0.1) is 11.6 Å². The van der Waals surface area contributed by atoms with Gasteiger partial charge in [-0.25, -0.2) is 13.1 Å². The number of sulfonamides is 1. The predicted molar refractivity (Wildman–Crippen MR) is 83.9 cm³/mol. The van der Waals surface area contributed by atoms with Crippen LogP contribution in [0.4, 0.5) is 0 Å². The number of benzene rings is 1. The summed E-state index contributed by atoms with van der Waals surface area (Å²) < 4.78 is 27.6. The Bertz CT molecular complexity index is 528. The fourth-order valence-corrected chi connectivity index (χ4v) is 4.92. The third kappa shape index (κ3) is 5.06. The van der Waals surface area contributed by atoms with Crippen LogP contribution in [0.5, 0.6) is 0 Å². The van der Waals surface area contributed by atoms with Crippen molar-refractivity contribution in [2.24, 2.45) is 0 Å². The van der Waals surface area contributed by atoms with Gasteiger partial charge in [0.1, 0.15) is 4.90 Å². The molecule has 0 saturated carbocycles. The van der Waals surface area contributed by atoms with Crippen LogP contribution in [0.1, 0.15) is 19.8 Å². The molecule has 1 rings (SSSR count). The maximum Gasteiger partial charge on any atom is 0.243 e. The Morgan fingerprint density at radius 3 is 2.32 bits per heavy atom. The first kappa shape index (κ1) is 17.5. The maximum absolute atomic E-state index is 12.2. The molecule has 0 heterocycles. The molecule has 0 aliphatic carbocycles. The summed E-state index contributed by atoms with van der Waals surface area (Å²) in [7, 11) is -3.75. The van der Waals surface area contributed by atoms with Crippen LogP contribution >= 0.6 is 50.7 Å². The number of hydrogen-bond acceptors (Lipinski definition) is 2. The van der Waals surface area contributed by atoms with Crippen molar-refractivity contribution in [2.45, 2.75) is 30.7 Å². The molecule has 0 bridgehead atoms. The fraction of sp³-hybridized carbons (Fsp3) is 0.455. The fourth-order valence-electron chi connectivity index (χ4n) is 1.55. The van der Waals surface area contributed by atoms with E-state index >= 15 is 0 Å². The summed E-state index contributed by atoms with van der Waals surface area (Å²) in [4.78, 5) is -0.100. The van der Waals surface area contributed by atoms with E-state index in [-0.39, 0.29) is 21.0 Å². The van der Waals surface area contributed by atoms with Crippen molar-refractivity contribution in [1.29, 1.82) is 0 Å². The lowest BCUT2D eigenvalue weighted by Gasteiger charge is -2.15. The summed E-state index contributed by atoms with van der Waals surface area (Å²) in [5.74, 6) is 0.492. The van der Waals surface area contributed by atoms with Crippen LogP contribution < -0.4 is 4.72 Å². The van der Waals surface area contributed by atoms with Crippen LogP contribution in [0.25, 0.3) is 0 Å². The third-order valence-electron chi connectivity index (χ3n) is 2.36. The average Bonchev–Trinajstić information content (AvgIpc) is 2.23. The minimum atomic E-state index is -3.75. The summed E-state index contributed by atoms with van der Waals surface area (Å²) in [6.45, 7) is 1.77. The van der Waals surface area contributed by atoms with E-state index in [1.807, 2.05) is 0 Å². The second-order valence-corrected chi connectivity index (χ2v) is 7.81. The molecular weight excluding hydrogens is 396 g/mol. The van der Waals surface area contributed by atoms with Gasteiger partial charge in [0.2, 0.25) is 10.0 Å². The zero-order chi connectivity index (χ0) is 14.6. The largest absolute Gasteiger partial charge is 0.243 e. The zero-order valence-corrected chi connectivity index (χ0v) is 14.8. The molecule has 0 aliphatic rings. The first-order chi connectivity index (χ1) is 8.77. The van der Waals surface area contributed by atoms with Gasteiger partial charge in [-0.3, -0.25) is 0 Å². The van der Waals surface area contributed by atoms with Gasteiger partial charge in [-0.2, -0.15) is 0 Å². The van der Waals surface area contributed by atoms with E-state index in [4.69, 9.17) is 34.8 Å². The zero-order valence-electron chi connectivity index (χ0n) is 10.1. The monoisotopic (exact) mass is 407 g/mol. The molecule has 0 aliphatic heterocycles. The van der Waals surface area contributed by atoms with Crippen molar-refractivity contribution in [3.05, 3.63) is 26.7 Å². The Hall–Kier alpha value is 0.480. The van der Waals surface area contributed by atoms with E-state index in [9.17, 15) is 8.42 Å². The highest BCUT2D eigenvalue weighted by atomic mass is 79.9. The maximum atomic E-state index is 12.2. The Morgan fingerprint density at radius 1 is 1.32 bits per heavy atom. The third-order valence-corrected chi connectivity index (χ3v) is 5.59. The highest BCUT2D eigenvalue weighted by molar-refractivity contribution is 9.10. The SMILES string of the molecule is CC(CCCCl)NS(=O)(=O)c1c(Cl)cc(Br)cc1Cl. The van der Waals surface area contributed by atoms with Gasteiger partial charge in [-0.05, 0) is 31.9 Å². The minimum Gasteiger partial charge on any atom is -0.208 e. The van der Waals surface area contributed by atoms with E-state index in [0.29, 0.717) is 16.8 Å². The number of nitrogens with one attached hydrogen (secondary N) is 1. The summed E-state index contributed by atoms with van der Waals surface area (Å²) in [5.41, 5.74) is 0. The van der Waals surface area contributed by atoms with Gasteiger partial charge in [-0.1, -0.05) is 39.1 Å². The quantitative estimate of drug-likeness (QED) is 0.706. The Morgan fingerprint density at radius 2 is 1.84 bits per heavy atom. The van der Waals surface area contributed by atoms with E-state index in [2.05, 4.69) is 20.7 Å². The van der Waals surface area contributed by atoms with Crippen LogP contribution in [0.15, 0.2) is 21.5 Å². The smallest absolute Gasteiger partial charge is 0.208 e. The molecule has 108 valence electrons. The molecular formula is C11H13BrCl3NO2S. The van der Waals surface area contributed by atoms with Gasteiger partial charge < -0.3 is 0 Å². The van der Waals surface area contributed by atoms with Gasteiger partial charge in [0.15, 0.2) is 0 Å². The molecule has 0 radical (unpaired) electrons. The molecule has 1 aromatic carbocycles. The van der Waals surface area contributed by atoms with Gasteiger partial charge in [0.05, 0.1) is 10.0 Å². The molecule has 0 spiro atoms. The van der Waals surface area contributed by atoms with Crippen LogP contribution in [0.2, 0.25) is 10.0 Å². The molecule has 8 heteroatoms. The van der Waals surface area contributed by atoms with Crippen molar-refractivity contribution in [2.75, 3.05) is 5.88 Å². The molecule has 3 nitrogen and oxygen atoms in total. The Kier molecular flexibility index (Phi) is 6.90. The standard InChI is InChI=1S/C11H13BrCl3NO2S/c1-7(3-2-4-13)16-19(17,18)11-9(14)5-8(12)6-10(11)15/h5-7,16H,2-4H2,1H3. The van der Waals surface area contributed by atoms with Crippen molar-refractivity contribution in [3.63, 3.8) is 0 Å². The lowest BCUT2D eigenvalue weighted by atomic mass is 10.2. The van der Waals surface area contributed by atoms with E-state index in [1.165, 1.54) is 12.1 Å². The van der Waals surface area contributed by atoms with Crippen molar-refractivity contribution in [3.8, 4) is 0 Å². The molecule has 19 heavy (non-hydrogen) atoms. The average molecular weight is 410 g/mol. The number of halogens is 4. The highest BCUT2D eigenvalue weighted by Gasteiger charge is 2.24. The molecule has 0 amide bonds. The number of rotatable bonds is 6. The van der Waals surface area contributed by atoms with Crippen LogP contribution in [-0.2, 0) is 10.0 Å². The molecule has 0 fully saturated rings. The summed E-state index contributed by atoms with van der Waals surface area (Å²) in [5, 5.41) is 0.160. The first-order valence-electron chi connectivity index (χ1n) is 5.50. The molecule has 1 atom stereocenters. The minimum absolute atomic E-state index is 0.0800. The van der Waals surface area contributed by atoms with Gasteiger partial charge >= 0.3 is 0 Å². The second kappa shape index (κ2) is 7.48. The normalized spacial score (nSPS) is 13.5. The lowest BCUT2D eigenvalue weighted by molar-refractivity contribution is 0.544. The number of hydrogen-bond donors (Lipinski definition) is 1.